The van der Waals surface area contributed by atoms with Gasteiger partial charge in [0.05, 0.1) is 18.5 Å². The van der Waals surface area contributed by atoms with Gasteiger partial charge in [-0.25, -0.2) is 4.79 Å². The highest BCUT2D eigenvalue weighted by Crippen LogP contribution is 2.26. The Bertz CT molecular complexity index is 1080. The van der Waals surface area contributed by atoms with Crippen LogP contribution in [0, 0.1) is 13.8 Å². The summed E-state index contributed by atoms with van der Waals surface area (Å²) in [5, 5.41) is 0.493. The number of esters is 1. The van der Waals surface area contributed by atoms with Gasteiger partial charge in [-0.05, 0) is 31.9 Å². The minimum atomic E-state index is -0.499. The number of aryl methyl sites for hydroxylation is 2. The molecule has 0 aliphatic heterocycles. The molecule has 0 atom stereocenters. The molecule has 0 fully saturated rings. The lowest BCUT2D eigenvalue weighted by atomic mass is 10.2. The van der Waals surface area contributed by atoms with E-state index in [0.29, 0.717) is 10.2 Å². The Hall–Kier alpha value is -2.67. The number of nitrogens with zero attached hydrogens (tertiary/aromatic N) is 2. The van der Waals surface area contributed by atoms with Crippen LogP contribution in [0.3, 0.4) is 0 Å². The van der Waals surface area contributed by atoms with Crippen LogP contribution >= 0.6 is 11.3 Å². The van der Waals surface area contributed by atoms with Crippen molar-refractivity contribution in [2.24, 2.45) is 0 Å². The van der Waals surface area contributed by atoms with Crippen LogP contribution in [-0.2, 0) is 22.6 Å². The molecule has 0 saturated heterocycles. The lowest BCUT2D eigenvalue weighted by molar-refractivity contribution is -0.143. The summed E-state index contributed by atoms with van der Waals surface area (Å²) >= 11 is 1.35. The maximum absolute atomic E-state index is 13.0. The van der Waals surface area contributed by atoms with E-state index >= 15 is 0 Å². The molecule has 26 heavy (non-hydrogen) atoms. The number of carbonyl (C=O) groups is 1. The lowest BCUT2D eigenvalue weighted by Crippen LogP contribution is -2.41. The van der Waals surface area contributed by atoms with Crippen LogP contribution in [-0.4, -0.2) is 21.7 Å². The molecule has 2 heterocycles. The Morgan fingerprint density at radius 3 is 2.46 bits per heavy atom. The molecule has 0 aliphatic rings. The fourth-order valence-corrected chi connectivity index (χ4v) is 4.03. The molecule has 0 saturated carbocycles. The van der Waals surface area contributed by atoms with Crippen LogP contribution < -0.4 is 11.2 Å². The van der Waals surface area contributed by atoms with Crippen molar-refractivity contribution in [3.63, 3.8) is 0 Å². The van der Waals surface area contributed by atoms with E-state index in [-0.39, 0.29) is 25.3 Å². The number of carbonyl (C=O) groups excluding carboxylic acids is 1. The number of hydrogen-bond acceptors (Lipinski definition) is 5. The quantitative estimate of drug-likeness (QED) is 0.645. The van der Waals surface area contributed by atoms with Crippen LogP contribution in [0.15, 0.2) is 39.9 Å². The number of aromatic nitrogens is 2. The van der Waals surface area contributed by atoms with E-state index in [1.165, 1.54) is 20.5 Å². The molecule has 136 valence electrons. The Morgan fingerprint density at radius 1 is 1.12 bits per heavy atom. The highest BCUT2D eigenvalue weighted by Gasteiger charge is 2.20. The van der Waals surface area contributed by atoms with E-state index in [1.807, 2.05) is 44.2 Å². The van der Waals surface area contributed by atoms with E-state index in [2.05, 4.69) is 0 Å². The number of hydrogen-bond donors (Lipinski definition) is 0. The maximum Gasteiger partial charge on any atom is 0.332 e. The van der Waals surface area contributed by atoms with Crippen LogP contribution in [0.4, 0.5) is 0 Å². The molecular formula is C19H20N2O4S. The zero-order valence-corrected chi connectivity index (χ0v) is 15.8. The molecule has 6 nitrogen and oxygen atoms in total. The Morgan fingerprint density at radius 2 is 1.81 bits per heavy atom. The van der Waals surface area contributed by atoms with Crippen molar-refractivity contribution in [1.29, 1.82) is 0 Å². The number of thiophene rings is 1. The molecule has 2 aromatic heterocycles. The second-order valence-corrected chi connectivity index (χ2v) is 7.22. The van der Waals surface area contributed by atoms with E-state index in [9.17, 15) is 14.4 Å². The van der Waals surface area contributed by atoms with Gasteiger partial charge >= 0.3 is 11.7 Å². The number of ether oxygens (including phenoxy) is 1. The van der Waals surface area contributed by atoms with E-state index in [0.717, 1.165) is 16.0 Å². The van der Waals surface area contributed by atoms with E-state index in [4.69, 9.17) is 4.74 Å². The average Bonchev–Trinajstić information content (AvgIpc) is 2.92. The number of rotatable bonds is 5. The highest BCUT2D eigenvalue weighted by molar-refractivity contribution is 7.18. The van der Waals surface area contributed by atoms with Gasteiger partial charge in [0, 0.05) is 4.88 Å². The third kappa shape index (κ3) is 3.22. The lowest BCUT2D eigenvalue weighted by Gasteiger charge is -2.12. The van der Waals surface area contributed by atoms with Crippen molar-refractivity contribution in [3.05, 3.63) is 67.2 Å². The molecule has 3 rings (SSSR count). The van der Waals surface area contributed by atoms with Gasteiger partial charge in [0.15, 0.2) is 0 Å². The van der Waals surface area contributed by atoms with E-state index in [1.54, 1.807) is 6.92 Å². The van der Waals surface area contributed by atoms with Gasteiger partial charge in [-0.1, -0.05) is 30.3 Å². The standard InChI is InChI=1S/C19H20N2O4S/c1-4-25-15(22)11-21-18-16(12(2)13(3)26-18)17(23)20(19(21)24)10-14-8-6-5-7-9-14/h5-9H,4,10-11H2,1-3H3. The first kappa shape index (κ1) is 18.1. The molecule has 0 N–H and O–H groups in total. The molecule has 0 radical (unpaired) electrons. The SMILES string of the molecule is CCOC(=O)Cn1c(=O)n(Cc2ccccc2)c(=O)c2c(C)c(C)sc21. The first-order chi connectivity index (χ1) is 12.4. The van der Waals surface area contributed by atoms with Crippen molar-refractivity contribution in [2.45, 2.75) is 33.9 Å². The second kappa shape index (κ2) is 7.29. The summed E-state index contributed by atoms with van der Waals surface area (Å²) < 4.78 is 7.53. The topological polar surface area (TPSA) is 70.3 Å². The van der Waals surface area contributed by atoms with Gasteiger partial charge in [0.2, 0.25) is 0 Å². The minimum absolute atomic E-state index is 0.158. The van der Waals surface area contributed by atoms with Gasteiger partial charge in [0.25, 0.3) is 5.56 Å². The predicted octanol–water partition coefficient (Wildman–Crippen LogP) is 2.45. The second-order valence-electron chi connectivity index (χ2n) is 6.01. The summed E-state index contributed by atoms with van der Waals surface area (Å²) in [5.74, 6) is -0.496. The van der Waals surface area contributed by atoms with Crippen LogP contribution in [0.5, 0.6) is 0 Å². The fourth-order valence-electron chi connectivity index (χ4n) is 2.89. The fraction of sp³-hybridized carbons (Fsp3) is 0.316. The molecule has 0 bridgehead atoms. The molecule has 0 aliphatic carbocycles. The molecule has 0 amide bonds. The zero-order chi connectivity index (χ0) is 18.8. The summed E-state index contributed by atoms with van der Waals surface area (Å²) in [6.07, 6.45) is 0. The van der Waals surface area contributed by atoms with Crippen molar-refractivity contribution in [1.82, 2.24) is 9.13 Å². The first-order valence-electron chi connectivity index (χ1n) is 8.37. The van der Waals surface area contributed by atoms with Crippen molar-refractivity contribution >= 4 is 27.5 Å². The van der Waals surface area contributed by atoms with Crippen LogP contribution in [0.25, 0.3) is 10.2 Å². The van der Waals surface area contributed by atoms with Gasteiger partial charge in [-0.3, -0.25) is 18.7 Å². The predicted molar refractivity (Wildman–Crippen MR) is 102 cm³/mol. The van der Waals surface area contributed by atoms with Crippen LogP contribution in [0.2, 0.25) is 0 Å². The van der Waals surface area contributed by atoms with Gasteiger partial charge < -0.3 is 4.74 Å². The maximum atomic E-state index is 13.0. The summed E-state index contributed by atoms with van der Waals surface area (Å²) in [6.45, 7) is 5.67. The van der Waals surface area contributed by atoms with Gasteiger partial charge in [0.1, 0.15) is 11.4 Å². The average molecular weight is 372 g/mol. The van der Waals surface area contributed by atoms with Crippen molar-refractivity contribution < 1.29 is 9.53 Å². The summed E-state index contributed by atoms with van der Waals surface area (Å²) in [7, 11) is 0. The Balaban J connectivity index is 2.24. The first-order valence-corrected chi connectivity index (χ1v) is 9.18. The molecule has 0 spiro atoms. The summed E-state index contributed by atoms with van der Waals surface area (Å²) in [4.78, 5) is 39.4. The number of benzene rings is 1. The minimum Gasteiger partial charge on any atom is -0.465 e. The largest absolute Gasteiger partial charge is 0.465 e. The molecule has 1 aromatic carbocycles. The Kier molecular flexibility index (Phi) is 5.08. The third-order valence-corrected chi connectivity index (χ3v) is 5.54. The van der Waals surface area contributed by atoms with Gasteiger partial charge in [-0.2, -0.15) is 0 Å². The molecule has 0 unspecified atom stereocenters. The van der Waals surface area contributed by atoms with Crippen LogP contribution in [0.1, 0.15) is 22.9 Å². The zero-order valence-electron chi connectivity index (χ0n) is 14.9. The molecule has 3 aromatic rings. The van der Waals surface area contributed by atoms with E-state index < -0.39 is 11.7 Å². The Labute approximate surface area is 154 Å². The monoisotopic (exact) mass is 372 g/mol. The summed E-state index contributed by atoms with van der Waals surface area (Å²) in [6, 6.07) is 9.31. The smallest absolute Gasteiger partial charge is 0.332 e. The number of fused-ring (bicyclic) bond motifs is 1. The summed E-state index contributed by atoms with van der Waals surface area (Å²) in [5.41, 5.74) is 0.865. The third-order valence-electron chi connectivity index (χ3n) is 4.31. The highest BCUT2D eigenvalue weighted by atomic mass is 32.1. The van der Waals surface area contributed by atoms with Gasteiger partial charge in [-0.15, -0.1) is 11.3 Å². The normalized spacial score (nSPS) is 11.0. The molecule has 7 heteroatoms. The van der Waals surface area contributed by atoms with Crippen molar-refractivity contribution in [2.75, 3.05) is 6.61 Å². The molecular weight excluding hydrogens is 352 g/mol. The van der Waals surface area contributed by atoms with Crippen molar-refractivity contribution in [3.8, 4) is 0 Å².